The van der Waals surface area contributed by atoms with Gasteiger partial charge in [0.25, 0.3) is 0 Å². The second-order valence-corrected chi connectivity index (χ2v) is 5.55. The highest BCUT2D eigenvalue weighted by Crippen LogP contribution is 2.28. The molecule has 1 aromatic carbocycles. The molecule has 112 valence electrons. The van der Waals surface area contributed by atoms with Gasteiger partial charge < -0.3 is 15.8 Å². The normalized spacial score (nSPS) is 11.9. The lowest BCUT2D eigenvalue weighted by molar-refractivity contribution is 0.318. The Morgan fingerprint density at radius 2 is 2.10 bits per heavy atom. The Balaban J connectivity index is 2.97. The number of amidine groups is 1. The summed E-state index contributed by atoms with van der Waals surface area (Å²) >= 11 is 6.35. The van der Waals surface area contributed by atoms with Crippen LogP contribution in [0.25, 0.3) is 0 Å². The van der Waals surface area contributed by atoms with Crippen LogP contribution in [-0.2, 0) is 0 Å². The van der Waals surface area contributed by atoms with Crippen molar-refractivity contribution in [3.05, 3.63) is 28.8 Å². The highest BCUT2D eigenvalue weighted by Gasteiger charge is 2.14. The van der Waals surface area contributed by atoms with E-state index in [1.165, 1.54) is 12.8 Å². The summed E-state index contributed by atoms with van der Waals surface area (Å²) in [5.41, 5.74) is 7.19. The van der Waals surface area contributed by atoms with Gasteiger partial charge in [-0.1, -0.05) is 36.5 Å². The van der Waals surface area contributed by atoms with E-state index in [9.17, 15) is 0 Å². The highest BCUT2D eigenvalue weighted by molar-refractivity contribution is 6.33. The number of unbranched alkanes of at least 4 members (excludes halogenated alkanes) is 2. The fourth-order valence-corrected chi connectivity index (χ4v) is 2.43. The molecule has 0 heterocycles. The maximum Gasteiger partial charge on any atom is 0.170 e. The van der Waals surface area contributed by atoms with Gasteiger partial charge in [-0.05, 0) is 38.5 Å². The number of nitrogens with zero attached hydrogens (tertiary/aromatic N) is 2. The zero-order valence-electron chi connectivity index (χ0n) is 12.4. The van der Waals surface area contributed by atoms with E-state index in [0.29, 0.717) is 16.6 Å². The number of halogens is 1. The predicted molar refractivity (Wildman–Crippen MR) is 86.0 cm³/mol. The Bertz CT molecular complexity index is 460. The van der Waals surface area contributed by atoms with Crippen LogP contribution in [-0.4, -0.2) is 23.6 Å². The van der Waals surface area contributed by atoms with Gasteiger partial charge in [-0.15, -0.1) is 0 Å². The van der Waals surface area contributed by atoms with Gasteiger partial charge in [-0.3, -0.25) is 0 Å². The molecular weight excluding hydrogens is 274 g/mol. The van der Waals surface area contributed by atoms with Gasteiger partial charge in [0, 0.05) is 18.2 Å². The average Bonchev–Trinajstić information content (AvgIpc) is 2.43. The van der Waals surface area contributed by atoms with Crippen molar-refractivity contribution in [3.8, 4) is 0 Å². The third-order valence-electron chi connectivity index (χ3n) is 3.29. The first kappa shape index (κ1) is 16.6. The summed E-state index contributed by atoms with van der Waals surface area (Å²) in [6, 6.07) is 5.87. The Labute approximate surface area is 126 Å². The van der Waals surface area contributed by atoms with E-state index in [4.69, 9.17) is 22.5 Å². The van der Waals surface area contributed by atoms with Gasteiger partial charge in [0.1, 0.15) is 0 Å². The molecule has 0 fully saturated rings. The Morgan fingerprint density at radius 3 is 2.60 bits per heavy atom. The molecule has 3 N–H and O–H groups in total. The number of rotatable bonds is 7. The van der Waals surface area contributed by atoms with Gasteiger partial charge in [0.05, 0.1) is 10.7 Å². The fourth-order valence-electron chi connectivity index (χ4n) is 2.15. The molecule has 0 atom stereocenters. The van der Waals surface area contributed by atoms with Crippen molar-refractivity contribution in [2.24, 2.45) is 10.9 Å². The van der Waals surface area contributed by atoms with Crippen LogP contribution in [0.15, 0.2) is 23.4 Å². The summed E-state index contributed by atoms with van der Waals surface area (Å²) < 4.78 is 0. The maximum absolute atomic E-state index is 8.70. The molecule has 0 amide bonds. The van der Waals surface area contributed by atoms with Gasteiger partial charge in [-0.2, -0.15) is 0 Å². The van der Waals surface area contributed by atoms with Crippen molar-refractivity contribution in [1.82, 2.24) is 0 Å². The molecule has 0 spiro atoms. The number of anilines is 1. The molecule has 0 aromatic heterocycles. The molecular formula is C15H24ClN3O. The number of hydrogen-bond donors (Lipinski definition) is 2. The third-order valence-corrected chi connectivity index (χ3v) is 3.59. The monoisotopic (exact) mass is 297 g/mol. The first-order valence-electron chi connectivity index (χ1n) is 7.05. The molecule has 1 rings (SSSR count). The van der Waals surface area contributed by atoms with Crippen LogP contribution in [0, 0.1) is 0 Å². The number of oxime groups is 1. The molecule has 20 heavy (non-hydrogen) atoms. The first-order valence-corrected chi connectivity index (χ1v) is 7.43. The minimum absolute atomic E-state index is 0.0699. The molecule has 5 heteroatoms. The second-order valence-electron chi connectivity index (χ2n) is 5.15. The second kappa shape index (κ2) is 8.00. The van der Waals surface area contributed by atoms with Crippen LogP contribution >= 0.6 is 11.6 Å². The van der Waals surface area contributed by atoms with Crippen molar-refractivity contribution in [3.63, 3.8) is 0 Å². The van der Waals surface area contributed by atoms with E-state index in [-0.39, 0.29) is 5.84 Å². The van der Waals surface area contributed by atoms with Crippen LogP contribution in [0.4, 0.5) is 5.69 Å². The van der Waals surface area contributed by atoms with Crippen molar-refractivity contribution >= 4 is 23.1 Å². The van der Waals surface area contributed by atoms with E-state index in [1.807, 2.05) is 12.1 Å². The van der Waals surface area contributed by atoms with Crippen molar-refractivity contribution in [2.75, 3.05) is 11.4 Å². The fraction of sp³-hybridized carbons (Fsp3) is 0.533. The summed E-state index contributed by atoms with van der Waals surface area (Å²) in [5.74, 6) is 0.0699. The molecule has 0 radical (unpaired) electrons. The standard InChI is InChI=1S/C15H24ClN3O/c1-4-5-6-9-19(11(2)3)14-8-7-12(10-13(14)16)15(17)18-20/h7-8,10-11,20H,4-6,9H2,1-3H3,(H2,17,18). The average molecular weight is 298 g/mol. The summed E-state index contributed by atoms with van der Waals surface area (Å²) in [5, 5.41) is 12.3. The largest absolute Gasteiger partial charge is 0.409 e. The molecule has 4 nitrogen and oxygen atoms in total. The SMILES string of the molecule is CCCCCN(c1ccc(C(N)=NO)cc1Cl)C(C)C. The zero-order chi connectivity index (χ0) is 15.1. The smallest absolute Gasteiger partial charge is 0.170 e. The number of benzene rings is 1. The van der Waals surface area contributed by atoms with Crippen molar-refractivity contribution < 1.29 is 5.21 Å². The van der Waals surface area contributed by atoms with E-state index in [0.717, 1.165) is 18.7 Å². The van der Waals surface area contributed by atoms with Gasteiger partial charge in [-0.25, -0.2) is 0 Å². The molecule has 0 saturated carbocycles. The molecule has 0 saturated heterocycles. The van der Waals surface area contributed by atoms with Crippen LogP contribution in [0.5, 0.6) is 0 Å². The Kier molecular flexibility index (Phi) is 6.65. The lowest BCUT2D eigenvalue weighted by atomic mass is 10.1. The number of hydrogen-bond acceptors (Lipinski definition) is 3. The lowest BCUT2D eigenvalue weighted by Crippen LogP contribution is -2.32. The summed E-state index contributed by atoms with van der Waals surface area (Å²) in [7, 11) is 0. The molecule has 0 aliphatic carbocycles. The minimum Gasteiger partial charge on any atom is -0.409 e. The summed E-state index contributed by atoms with van der Waals surface area (Å²) in [4.78, 5) is 2.29. The van der Waals surface area contributed by atoms with E-state index in [2.05, 4.69) is 30.8 Å². The Morgan fingerprint density at radius 1 is 1.40 bits per heavy atom. The van der Waals surface area contributed by atoms with E-state index >= 15 is 0 Å². The van der Waals surface area contributed by atoms with Crippen molar-refractivity contribution in [2.45, 2.75) is 46.1 Å². The van der Waals surface area contributed by atoms with E-state index < -0.39 is 0 Å². The summed E-state index contributed by atoms with van der Waals surface area (Å²) in [6.45, 7) is 7.48. The van der Waals surface area contributed by atoms with E-state index in [1.54, 1.807) is 6.07 Å². The van der Waals surface area contributed by atoms with Gasteiger partial charge in [0.15, 0.2) is 5.84 Å². The minimum atomic E-state index is 0.0699. The van der Waals surface area contributed by atoms with Crippen LogP contribution in [0.2, 0.25) is 5.02 Å². The van der Waals surface area contributed by atoms with Gasteiger partial charge >= 0.3 is 0 Å². The maximum atomic E-state index is 8.70. The van der Waals surface area contributed by atoms with Crippen LogP contribution < -0.4 is 10.6 Å². The molecule has 1 aromatic rings. The highest BCUT2D eigenvalue weighted by atomic mass is 35.5. The molecule has 0 bridgehead atoms. The predicted octanol–water partition coefficient (Wildman–Crippen LogP) is 3.84. The topological polar surface area (TPSA) is 61.8 Å². The molecule has 0 aliphatic rings. The third kappa shape index (κ3) is 4.30. The summed E-state index contributed by atoms with van der Waals surface area (Å²) in [6.07, 6.45) is 3.55. The van der Waals surface area contributed by atoms with Gasteiger partial charge in [0.2, 0.25) is 0 Å². The molecule has 0 unspecified atom stereocenters. The molecule has 0 aliphatic heterocycles. The first-order chi connectivity index (χ1) is 9.51. The zero-order valence-corrected chi connectivity index (χ0v) is 13.2. The van der Waals surface area contributed by atoms with Crippen LogP contribution in [0.1, 0.15) is 45.6 Å². The number of nitrogens with two attached hydrogens (primary N) is 1. The Hall–Kier alpha value is -1.42. The van der Waals surface area contributed by atoms with Crippen molar-refractivity contribution in [1.29, 1.82) is 0 Å². The van der Waals surface area contributed by atoms with Crippen LogP contribution in [0.3, 0.4) is 0 Å². The quantitative estimate of drug-likeness (QED) is 0.264. The lowest BCUT2D eigenvalue weighted by Gasteiger charge is -2.30.